The van der Waals surface area contributed by atoms with Crippen molar-refractivity contribution in [2.45, 2.75) is 12.5 Å². The van der Waals surface area contributed by atoms with Crippen LogP contribution in [-0.2, 0) is 0 Å². The van der Waals surface area contributed by atoms with Crippen LogP contribution in [-0.4, -0.2) is 11.2 Å². The molecule has 0 aromatic heterocycles. The number of aliphatic hydroxyl groups is 1. The van der Waals surface area contributed by atoms with E-state index in [4.69, 9.17) is 0 Å². The van der Waals surface area contributed by atoms with Gasteiger partial charge in [-0.3, -0.25) is 0 Å². The van der Waals surface area contributed by atoms with Crippen LogP contribution in [0.3, 0.4) is 0 Å². The van der Waals surface area contributed by atoms with Gasteiger partial charge in [-0.2, -0.15) is 0 Å². The molecular formula is C12H13IO. The fourth-order valence-corrected chi connectivity index (χ4v) is 1.65. The number of hydrogen-bond donors (Lipinski definition) is 1. The van der Waals surface area contributed by atoms with Gasteiger partial charge in [0.05, 0.1) is 6.10 Å². The molecule has 0 bridgehead atoms. The van der Waals surface area contributed by atoms with Crippen molar-refractivity contribution in [1.29, 1.82) is 0 Å². The van der Waals surface area contributed by atoms with E-state index in [9.17, 15) is 5.11 Å². The SMILES string of the molecule is C=C[C@H](O)C/C=C(\I)c1ccccc1. The van der Waals surface area contributed by atoms with Crippen LogP contribution < -0.4 is 0 Å². The first kappa shape index (κ1) is 11.5. The maximum absolute atomic E-state index is 9.29. The minimum absolute atomic E-state index is 0.441. The Morgan fingerprint density at radius 3 is 2.64 bits per heavy atom. The van der Waals surface area contributed by atoms with E-state index in [0.717, 1.165) is 3.58 Å². The van der Waals surface area contributed by atoms with Gasteiger partial charge in [0, 0.05) is 3.58 Å². The van der Waals surface area contributed by atoms with E-state index in [0.29, 0.717) is 6.42 Å². The van der Waals surface area contributed by atoms with E-state index < -0.39 is 6.10 Å². The predicted molar refractivity (Wildman–Crippen MR) is 69.3 cm³/mol. The molecule has 74 valence electrons. The Morgan fingerprint density at radius 2 is 2.07 bits per heavy atom. The highest BCUT2D eigenvalue weighted by molar-refractivity contribution is 14.1. The summed E-state index contributed by atoms with van der Waals surface area (Å²) in [6.07, 6.45) is 3.74. The Bertz CT molecular complexity index is 316. The molecule has 14 heavy (non-hydrogen) atoms. The van der Waals surface area contributed by atoms with Gasteiger partial charge in [0.1, 0.15) is 0 Å². The number of halogens is 1. The molecule has 1 atom stereocenters. The Labute approximate surface area is 98.3 Å². The lowest BCUT2D eigenvalue weighted by Crippen LogP contribution is -1.98. The monoisotopic (exact) mass is 300 g/mol. The highest BCUT2D eigenvalue weighted by Gasteiger charge is 1.98. The van der Waals surface area contributed by atoms with Gasteiger partial charge in [-0.15, -0.1) is 6.58 Å². The molecule has 0 aliphatic carbocycles. The molecule has 0 radical (unpaired) electrons. The zero-order valence-corrected chi connectivity index (χ0v) is 10.0. The van der Waals surface area contributed by atoms with Crippen LogP contribution in [0, 0.1) is 0 Å². The molecule has 0 spiro atoms. The summed E-state index contributed by atoms with van der Waals surface area (Å²) in [5.41, 5.74) is 1.18. The minimum Gasteiger partial charge on any atom is -0.389 e. The second-order valence-corrected chi connectivity index (χ2v) is 4.12. The topological polar surface area (TPSA) is 20.2 Å². The summed E-state index contributed by atoms with van der Waals surface area (Å²) in [7, 11) is 0. The van der Waals surface area contributed by atoms with Crippen molar-refractivity contribution in [3.63, 3.8) is 0 Å². The average molecular weight is 300 g/mol. The molecule has 1 N–H and O–H groups in total. The molecule has 0 aliphatic rings. The molecule has 1 aromatic rings. The zero-order chi connectivity index (χ0) is 10.4. The summed E-state index contributed by atoms with van der Waals surface area (Å²) >= 11 is 2.27. The lowest BCUT2D eigenvalue weighted by Gasteiger charge is -2.02. The number of rotatable bonds is 4. The fourth-order valence-electron chi connectivity index (χ4n) is 1.04. The summed E-state index contributed by atoms with van der Waals surface area (Å²) < 4.78 is 1.16. The molecular weight excluding hydrogens is 287 g/mol. The maximum Gasteiger partial charge on any atom is 0.0753 e. The summed E-state index contributed by atoms with van der Waals surface area (Å²) in [5.74, 6) is 0. The third-order valence-electron chi connectivity index (χ3n) is 1.86. The molecule has 0 fully saturated rings. The molecule has 1 nitrogen and oxygen atoms in total. The van der Waals surface area contributed by atoms with Crippen LogP contribution in [0.4, 0.5) is 0 Å². The van der Waals surface area contributed by atoms with E-state index in [2.05, 4.69) is 41.3 Å². The third-order valence-corrected chi connectivity index (χ3v) is 2.92. The first-order chi connectivity index (χ1) is 6.74. The van der Waals surface area contributed by atoms with E-state index in [1.165, 1.54) is 5.56 Å². The average Bonchev–Trinajstić information content (AvgIpc) is 2.26. The van der Waals surface area contributed by atoms with Crippen molar-refractivity contribution in [2.24, 2.45) is 0 Å². The van der Waals surface area contributed by atoms with Gasteiger partial charge in [-0.05, 0) is 34.6 Å². The van der Waals surface area contributed by atoms with Crippen molar-refractivity contribution >= 4 is 26.2 Å². The molecule has 0 heterocycles. The van der Waals surface area contributed by atoms with E-state index in [-0.39, 0.29) is 0 Å². The molecule has 2 heteroatoms. The van der Waals surface area contributed by atoms with Gasteiger partial charge in [0.2, 0.25) is 0 Å². The Morgan fingerprint density at radius 1 is 1.43 bits per heavy atom. The highest BCUT2D eigenvalue weighted by atomic mass is 127. The van der Waals surface area contributed by atoms with Gasteiger partial charge in [0.15, 0.2) is 0 Å². The Balaban J connectivity index is 2.66. The standard InChI is InChI=1S/C12H13IO/c1-2-11(14)8-9-12(13)10-6-4-3-5-7-10/h2-7,9,11,14H,1,8H2/b12-9-/t11-/m0/s1. The Kier molecular flexibility index (Phi) is 4.90. The van der Waals surface area contributed by atoms with Gasteiger partial charge in [-0.25, -0.2) is 0 Å². The van der Waals surface area contributed by atoms with Crippen molar-refractivity contribution in [3.05, 3.63) is 54.6 Å². The predicted octanol–water partition coefficient (Wildman–Crippen LogP) is 3.40. The second-order valence-electron chi connectivity index (χ2n) is 2.96. The van der Waals surface area contributed by atoms with Crippen molar-refractivity contribution in [2.75, 3.05) is 0 Å². The minimum atomic E-state index is -0.441. The summed E-state index contributed by atoms with van der Waals surface area (Å²) in [5, 5.41) is 9.29. The summed E-state index contributed by atoms with van der Waals surface area (Å²) in [6.45, 7) is 3.53. The number of hydrogen-bond acceptors (Lipinski definition) is 1. The third kappa shape index (κ3) is 3.64. The fraction of sp³-hybridized carbons (Fsp3) is 0.167. The summed E-state index contributed by atoms with van der Waals surface area (Å²) in [4.78, 5) is 0. The van der Waals surface area contributed by atoms with Crippen LogP contribution in [0.2, 0.25) is 0 Å². The normalized spacial score (nSPS) is 13.7. The molecule has 0 unspecified atom stereocenters. The van der Waals surface area contributed by atoms with Crippen LogP contribution in [0.1, 0.15) is 12.0 Å². The van der Waals surface area contributed by atoms with E-state index in [1.807, 2.05) is 24.3 Å². The Hall–Kier alpha value is -0.610. The number of aliphatic hydroxyl groups excluding tert-OH is 1. The van der Waals surface area contributed by atoms with Crippen LogP contribution in [0.15, 0.2) is 49.1 Å². The molecule has 0 saturated carbocycles. The first-order valence-corrected chi connectivity index (χ1v) is 5.53. The molecule has 0 aliphatic heterocycles. The summed E-state index contributed by atoms with van der Waals surface area (Å²) in [6, 6.07) is 10.1. The molecule has 1 aromatic carbocycles. The first-order valence-electron chi connectivity index (χ1n) is 4.45. The maximum atomic E-state index is 9.29. The van der Waals surface area contributed by atoms with Crippen molar-refractivity contribution < 1.29 is 5.11 Å². The highest BCUT2D eigenvalue weighted by Crippen LogP contribution is 2.22. The van der Waals surface area contributed by atoms with E-state index in [1.54, 1.807) is 6.08 Å². The lowest BCUT2D eigenvalue weighted by molar-refractivity contribution is 0.227. The second kappa shape index (κ2) is 5.98. The van der Waals surface area contributed by atoms with Crippen molar-refractivity contribution in [1.82, 2.24) is 0 Å². The quantitative estimate of drug-likeness (QED) is 0.667. The molecule has 0 saturated heterocycles. The smallest absolute Gasteiger partial charge is 0.0753 e. The largest absolute Gasteiger partial charge is 0.389 e. The van der Waals surface area contributed by atoms with Gasteiger partial charge >= 0.3 is 0 Å². The molecule has 1 rings (SSSR count). The van der Waals surface area contributed by atoms with Gasteiger partial charge in [-0.1, -0.05) is 42.5 Å². The number of benzene rings is 1. The van der Waals surface area contributed by atoms with Gasteiger partial charge < -0.3 is 5.11 Å². The van der Waals surface area contributed by atoms with Crippen LogP contribution in [0.5, 0.6) is 0 Å². The lowest BCUT2D eigenvalue weighted by atomic mass is 10.1. The van der Waals surface area contributed by atoms with Crippen LogP contribution in [0.25, 0.3) is 3.58 Å². The van der Waals surface area contributed by atoms with Gasteiger partial charge in [0.25, 0.3) is 0 Å². The van der Waals surface area contributed by atoms with E-state index >= 15 is 0 Å². The zero-order valence-electron chi connectivity index (χ0n) is 7.86. The van der Waals surface area contributed by atoms with Crippen molar-refractivity contribution in [3.8, 4) is 0 Å². The molecule has 0 amide bonds. The van der Waals surface area contributed by atoms with Crippen LogP contribution >= 0.6 is 22.6 Å².